The first-order valence-electron chi connectivity index (χ1n) is 10.6. The number of aromatic nitrogens is 5. The molecule has 6 rings (SSSR count). The zero-order chi connectivity index (χ0) is 22.7. The lowest BCUT2D eigenvalue weighted by Gasteiger charge is -2.43. The average molecular weight is 446 g/mol. The molecule has 4 aromatic rings. The number of ketones is 1. The van der Waals surface area contributed by atoms with Crippen LogP contribution >= 0.6 is 0 Å². The topological polar surface area (TPSA) is 123 Å². The maximum atomic E-state index is 14.4. The second kappa shape index (κ2) is 7.12. The molecule has 0 aliphatic carbocycles. The van der Waals surface area contributed by atoms with E-state index < -0.39 is 11.4 Å². The monoisotopic (exact) mass is 446 g/mol. The largest absolute Gasteiger partial charge is 0.369 e. The summed E-state index contributed by atoms with van der Waals surface area (Å²) in [4.78, 5) is 36.6. The van der Waals surface area contributed by atoms with E-state index in [1.165, 1.54) is 21.3 Å². The number of nitrogens with two attached hydrogens (primary N) is 1. The SMILES string of the molecule is Nc1nc2c(c(N3CCC3c3nn4ccc(F)c4c(=O)n3-c3ccccc3)n1)C(=O)CCN2. The van der Waals surface area contributed by atoms with Crippen LogP contribution in [0.15, 0.2) is 47.4 Å². The Balaban J connectivity index is 1.55. The van der Waals surface area contributed by atoms with Crippen molar-refractivity contribution in [3.63, 3.8) is 0 Å². The molecule has 0 bridgehead atoms. The Morgan fingerprint density at radius 2 is 1.94 bits per heavy atom. The maximum absolute atomic E-state index is 14.4. The van der Waals surface area contributed by atoms with E-state index in [1.807, 2.05) is 11.0 Å². The highest BCUT2D eigenvalue weighted by atomic mass is 19.1. The van der Waals surface area contributed by atoms with Gasteiger partial charge in [-0.15, -0.1) is 0 Å². The minimum atomic E-state index is -0.636. The van der Waals surface area contributed by atoms with Crippen molar-refractivity contribution < 1.29 is 9.18 Å². The van der Waals surface area contributed by atoms with Crippen molar-refractivity contribution in [3.05, 3.63) is 70.2 Å². The Bertz CT molecular complexity index is 1480. The molecule has 33 heavy (non-hydrogen) atoms. The minimum Gasteiger partial charge on any atom is -0.369 e. The highest BCUT2D eigenvalue weighted by molar-refractivity contribution is 6.06. The highest BCUT2D eigenvalue weighted by Gasteiger charge is 2.39. The van der Waals surface area contributed by atoms with Gasteiger partial charge in [-0.1, -0.05) is 18.2 Å². The molecule has 3 N–H and O–H groups in total. The molecule has 0 spiro atoms. The van der Waals surface area contributed by atoms with Crippen molar-refractivity contribution in [2.45, 2.75) is 18.9 Å². The van der Waals surface area contributed by atoms with E-state index in [2.05, 4.69) is 20.4 Å². The molecule has 1 unspecified atom stereocenters. The van der Waals surface area contributed by atoms with Gasteiger partial charge in [0, 0.05) is 25.7 Å². The standard InChI is InChI=1S/C22H19FN8O2/c23-13-7-11-30-17(13)21(33)31(12-4-2-1-3-5-12)19(28-30)14-8-10-29(14)20-16-15(32)6-9-25-18(16)26-22(24)27-20/h1-5,7,11,14H,6,8-10H2,(H3,24,25,26,27). The summed E-state index contributed by atoms with van der Waals surface area (Å²) in [6.07, 6.45) is 2.41. The molecule has 3 aromatic heterocycles. The third-order valence-corrected chi connectivity index (χ3v) is 6.10. The summed E-state index contributed by atoms with van der Waals surface area (Å²) in [7, 11) is 0. The molecular weight excluding hydrogens is 427 g/mol. The fraction of sp³-hybridized carbons (Fsp3) is 0.227. The van der Waals surface area contributed by atoms with Crippen LogP contribution < -0.4 is 21.5 Å². The van der Waals surface area contributed by atoms with Gasteiger partial charge in [0.05, 0.1) is 11.7 Å². The lowest BCUT2D eigenvalue weighted by molar-refractivity contribution is 0.0983. The lowest BCUT2D eigenvalue weighted by atomic mass is 9.98. The number of benzene rings is 1. The van der Waals surface area contributed by atoms with E-state index in [-0.39, 0.29) is 23.3 Å². The van der Waals surface area contributed by atoms with Gasteiger partial charge in [-0.3, -0.25) is 14.2 Å². The molecule has 10 nitrogen and oxygen atoms in total. The normalized spacial score (nSPS) is 17.5. The molecule has 1 fully saturated rings. The van der Waals surface area contributed by atoms with Crippen molar-refractivity contribution in [2.75, 3.05) is 29.0 Å². The number of halogens is 1. The van der Waals surface area contributed by atoms with E-state index >= 15 is 0 Å². The van der Waals surface area contributed by atoms with Gasteiger partial charge in [0.1, 0.15) is 17.2 Å². The summed E-state index contributed by atoms with van der Waals surface area (Å²) in [5.41, 5.74) is 6.26. The average Bonchev–Trinajstić information content (AvgIpc) is 3.14. The smallest absolute Gasteiger partial charge is 0.285 e. The molecule has 1 saturated heterocycles. The number of Topliss-reactive ketones (excluding diaryl/α,β-unsaturated/α-hetero) is 1. The first kappa shape index (κ1) is 19.4. The van der Waals surface area contributed by atoms with Crippen molar-refractivity contribution in [1.82, 2.24) is 24.1 Å². The zero-order valence-corrected chi connectivity index (χ0v) is 17.4. The van der Waals surface area contributed by atoms with Crippen molar-refractivity contribution >= 4 is 28.9 Å². The van der Waals surface area contributed by atoms with Crippen LogP contribution in [-0.4, -0.2) is 43.0 Å². The van der Waals surface area contributed by atoms with Crippen LogP contribution in [0.2, 0.25) is 0 Å². The quantitative estimate of drug-likeness (QED) is 0.490. The Labute approximate surface area is 186 Å². The van der Waals surface area contributed by atoms with Crippen LogP contribution in [0.3, 0.4) is 0 Å². The van der Waals surface area contributed by atoms with Crippen LogP contribution in [0, 0.1) is 5.82 Å². The predicted octanol–water partition coefficient (Wildman–Crippen LogP) is 1.95. The molecule has 2 aliphatic heterocycles. The van der Waals surface area contributed by atoms with Gasteiger partial charge in [0.15, 0.2) is 22.9 Å². The number of hydrogen-bond donors (Lipinski definition) is 2. The molecule has 1 aromatic carbocycles. The summed E-state index contributed by atoms with van der Waals surface area (Å²) in [5.74, 6) is 0.592. The van der Waals surface area contributed by atoms with Crippen molar-refractivity contribution in [2.24, 2.45) is 0 Å². The molecule has 0 saturated carbocycles. The first-order chi connectivity index (χ1) is 16.0. The van der Waals surface area contributed by atoms with Gasteiger partial charge in [-0.05, 0) is 24.6 Å². The van der Waals surface area contributed by atoms with Gasteiger partial charge in [0.25, 0.3) is 5.56 Å². The second-order valence-corrected chi connectivity index (χ2v) is 8.02. The van der Waals surface area contributed by atoms with Gasteiger partial charge < -0.3 is 16.0 Å². The minimum absolute atomic E-state index is 0.0490. The van der Waals surface area contributed by atoms with E-state index in [0.29, 0.717) is 54.6 Å². The van der Waals surface area contributed by atoms with Crippen LogP contribution in [0.25, 0.3) is 11.2 Å². The zero-order valence-electron chi connectivity index (χ0n) is 17.4. The Kier molecular flexibility index (Phi) is 4.19. The second-order valence-electron chi connectivity index (χ2n) is 8.02. The molecule has 166 valence electrons. The molecular formula is C22H19FN8O2. The molecule has 1 atom stereocenters. The summed E-state index contributed by atoms with van der Waals surface area (Å²) >= 11 is 0. The van der Waals surface area contributed by atoms with Crippen LogP contribution in [0.4, 0.5) is 22.0 Å². The fourth-order valence-electron chi connectivity index (χ4n) is 4.48. The number of carbonyl (C=O) groups is 1. The number of rotatable bonds is 3. The van der Waals surface area contributed by atoms with Gasteiger partial charge in [-0.25, -0.2) is 8.91 Å². The molecule has 11 heteroatoms. The van der Waals surface area contributed by atoms with E-state index in [1.54, 1.807) is 24.3 Å². The molecule has 2 aliphatic rings. The third-order valence-electron chi connectivity index (χ3n) is 6.10. The van der Waals surface area contributed by atoms with E-state index in [9.17, 15) is 14.0 Å². The Hall–Kier alpha value is -4.28. The third kappa shape index (κ3) is 2.89. The summed E-state index contributed by atoms with van der Waals surface area (Å²) < 4.78 is 17.1. The van der Waals surface area contributed by atoms with Crippen LogP contribution in [-0.2, 0) is 0 Å². The number of nitrogens with one attached hydrogen (secondary N) is 1. The Morgan fingerprint density at radius 3 is 2.70 bits per heavy atom. The number of nitrogens with zero attached hydrogens (tertiary/aromatic N) is 6. The van der Waals surface area contributed by atoms with Crippen LogP contribution in [0.1, 0.15) is 35.1 Å². The summed E-state index contributed by atoms with van der Waals surface area (Å²) in [6.45, 7) is 1.07. The number of carbonyl (C=O) groups excluding carboxylic acids is 1. The Morgan fingerprint density at radius 1 is 1.12 bits per heavy atom. The first-order valence-corrected chi connectivity index (χ1v) is 10.6. The van der Waals surface area contributed by atoms with Crippen molar-refractivity contribution in [1.29, 1.82) is 0 Å². The summed E-state index contributed by atoms with van der Waals surface area (Å²) in [6, 6.07) is 9.81. The number of anilines is 3. The number of nitrogen functional groups attached to an aromatic ring is 1. The predicted molar refractivity (Wildman–Crippen MR) is 119 cm³/mol. The fourth-order valence-corrected chi connectivity index (χ4v) is 4.48. The van der Waals surface area contributed by atoms with Crippen molar-refractivity contribution in [3.8, 4) is 5.69 Å². The summed E-state index contributed by atoms with van der Waals surface area (Å²) in [5, 5.41) is 7.72. The maximum Gasteiger partial charge on any atom is 0.285 e. The highest BCUT2D eigenvalue weighted by Crippen LogP contribution is 2.40. The number of hydrogen-bond acceptors (Lipinski definition) is 8. The molecule has 0 amide bonds. The lowest BCUT2D eigenvalue weighted by Crippen LogP contribution is -2.46. The number of para-hydroxylation sites is 1. The number of fused-ring (bicyclic) bond motifs is 2. The molecule has 5 heterocycles. The van der Waals surface area contributed by atoms with Gasteiger partial charge >= 0.3 is 0 Å². The van der Waals surface area contributed by atoms with Crippen LogP contribution in [0.5, 0.6) is 0 Å². The van der Waals surface area contributed by atoms with E-state index in [0.717, 1.165) is 0 Å². The van der Waals surface area contributed by atoms with Gasteiger partial charge in [0.2, 0.25) is 5.95 Å². The van der Waals surface area contributed by atoms with Gasteiger partial charge in [-0.2, -0.15) is 15.1 Å². The molecule has 0 radical (unpaired) electrons. The van der Waals surface area contributed by atoms with E-state index in [4.69, 9.17) is 5.73 Å².